The van der Waals surface area contributed by atoms with Crippen molar-refractivity contribution in [2.24, 2.45) is 0 Å². The molecule has 1 fully saturated rings. The van der Waals surface area contributed by atoms with E-state index < -0.39 is 0 Å². The lowest BCUT2D eigenvalue weighted by atomic mass is 10.1. The van der Waals surface area contributed by atoms with Gasteiger partial charge in [0.25, 0.3) is 5.56 Å². The number of rotatable bonds is 5. The molecule has 0 spiro atoms. The monoisotopic (exact) mass is 331 g/mol. The van der Waals surface area contributed by atoms with Gasteiger partial charge in [0.15, 0.2) is 0 Å². The molecular weight excluding hydrogens is 310 g/mol. The predicted molar refractivity (Wildman–Crippen MR) is 86.2 cm³/mol. The Morgan fingerprint density at radius 1 is 1.33 bits per heavy atom. The number of carbonyl (C=O) groups excluding carboxylic acids is 1. The van der Waals surface area contributed by atoms with Gasteiger partial charge < -0.3 is 9.80 Å². The quantitative estimate of drug-likeness (QED) is 0.715. The highest BCUT2D eigenvalue weighted by Gasteiger charge is 2.37. The number of amides is 1. The first kappa shape index (κ1) is 16.3. The van der Waals surface area contributed by atoms with Crippen LogP contribution in [0.15, 0.2) is 35.8 Å². The van der Waals surface area contributed by atoms with Gasteiger partial charge in [-0.1, -0.05) is 5.21 Å². The number of aromatic nitrogens is 5. The van der Waals surface area contributed by atoms with Crippen LogP contribution in [0.2, 0.25) is 0 Å². The molecule has 0 N–H and O–H groups in total. The Morgan fingerprint density at radius 2 is 2.17 bits per heavy atom. The predicted octanol–water partition coefficient (Wildman–Crippen LogP) is -0.761. The van der Waals surface area contributed by atoms with Gasteiger partial charge in [0, 0.05) is 44.5 Å². The third kappa shape index (κ3) is 3.35. The molecule has 9 heteroatoms. The van der Waals surface area contributed by atoms with Crippen LogP contribution in [-0.4, -0.2) is 73.5 Å². The molecule has 1 aliphatic rings. The summed E-state index contributed by atoms with van der Waals surface area (Å²) in [5.74, 6) is 0.0280. The van der Waals surface area contributed by atoms with Crippen LogP contribution < -0.4 is 5.56 Å². The number of likely N-dealkylation sites (N-methyl/N-ethyl adjacent to an activating group) is 1. The highest BCUT2D eigenvalue weighted by atomic mass is 16.2. The van der Waals surface area contributed by atoms with Crippen LogP contribution in [0.3, 0.4) is 0 Å². The number of hydrogen-bond acceptors (Lipinski definition) is 6. The maximum atomic E-state index is 12.5. The van der Waals surface area contributed by atoms with Gasteiger partial charge in [-0.05, 0) is 14.1 Å². The fourth-order valence-corrected chi connectivity index (χ4v) is 3.06. The molecule has 1 saturated heterocycles. The van der Waals surface area contributed by atoms with E-state index in [-0.39, 0.29) is 30.0 Å². The smallest absolute Gasteiger partial charge is 0.253 e. The molecule has 0 radical (unpaired) electrons. The average molecular weight is 331 g/mol. The molecule has 0 saturated carbocycles. The minimum absolute atomic E-state index is 0.0280. The molecule has 128 valence electrons. The fraction of sp³-hybridized carbons (Fsp3) is 0.533. The Balaban J connectivity index is 1.65. The lowest BCUT2D eigenvalue weighted by Gasteiger charge is -2.24. The summed E-state index contributed by atoms with van der Waals surface area (Å²) in [7, 11) is 4.00. The molecule has 1 amide bonds. The summed E-state index contributed by atoms with van der Waals surface area (Å²) in [4.78, 5) is 32.1. The van der Waals surface area contributed by atoms with Crippen molar-refractivity contribution in [2.45, 2.75) is 25.0 Å². The number of hydrogen-bond donors (Lipinski definition) is 0. The van der Waals surface area contributed by atoms with Crippen molar-refractivity contribution in [1.82, 2.24) is 34.3 Å². The van der Waals surface area contributed by atoms with Crippen molar-refractivity contribution in [3.8, 4) is 0 Å². The van der Waals surface area contributed by atoms with Crippen LogP contribution in [-0.2, 0) is 11.3 Å². The first-order valence-electron chi connectivity index (χ1n) is 7.86. The van der Waals surface area contributed by atoms with Gasteiger partial charge in [-0.15, -0.1) is 5.10 Å². The van der Waals surface area contributed by atoms with Crippen molar-refractivity contribution in [2.75, 3.05) is 27.2 Å². The van der Waals surface area contributed by atoms with Crippen LogP contribution in [0.4, 0.5) is 0 Å². The van der Waals surface area contributed by atoms with E-state index in [1.807, 2.05) is 29.9 Å². The van der Waals surface area contributed by atoms with Crippen LogP contribution in [0.1, 0.15) is 12.5 Å². The minimum Gasteiger partial charge on any atom is -0.339 e. The average Bonchev–Trinajstić information content (AvgIpc) is 3.22. The molecular formula is C15H21N7O2. The molecule has 0 aromatic carbocycles. The maximum Gasteiger partial charge on any atom is 0.253 e. The van der Waals surface area contributed by atoms with Crippen molar-refractivity contribution in [3.05, 3.63) is 41.3 Å². The Kier molecular flexibility index (Phi) is 4.70. The normalized spacial score (nSPS) is 20.7. The maximum absolute atomic E-state index is 12.5. The standard InChI is InChI=1S/C15H21N7O2/c1-19(2)12-9-21(10-13(12)22-8-6-17-18-22)15(24)4-7-20-11-16-5-3-14(20)23/h3,5-6,8,11-13H,4,7,9-10H2,1-2H3/t12-,13+/m1/s1. The molecule has 0 aliphatic carbocycles. The van der Waals surface area contributed by atoms with Crippen molar-refractivity contribution < 1.29 is 4.79 Å². The molecule has 9 nitrogen and oxygen atoms in total. The minimum atomic E-state index is -0.147. The highest BCUT2D eigenvalue weighted by molar-refractivity contribution is 5.76. The van der Waals surface area contributed by atoms with E-state index >= 15 is 0 Å². The van der Waals surface area contributed by atoms with Gasteiger partial charge in [-0.2, -0.15) is 0 Å². The third-order valence-electron chi connectivity index (χ3n) is 4.41. The van der Waals surface area contributed by atoms with Crippen molar-refractivity contribution in [1.29, 1.82) is 0 Å². The fourth-order valence-electron chi connectivity index (χ4n) is 3.06. The van der Waals surface area contributed by atoms with E-state index in [4.69, 9.17) is 0 Å². The van der Waals surface area contributed by atoms with Gasteiger partial charge in [0.05, 0.1) is 24.6 Å². The summed E-state index contributed by atoms with van der Waals surface area (Å²) >= 11 is 0. The molecule has 0 unspecified atom stereocenters. The second-order valence-electron chi connectivity index (χ2n) is 6.14. The van der Waals surface area contributed by atoms with Crippen LogP contribution in [0, 0.1) is 0 Å². The second kappa shape index (κ2) is 6.91. The molecule has 0 bridgehead atoms. The lowest BCUT2D eigenvalue weighted by molar-refractivity contribution is -0.130. The van der Waals surface area contributed by atoms with Gasteiger partial charge in [-0.25, -0.2) is 9.67 Å². The Labute approximate surface area is 139 Å². The van der Waals surface area contributed by atoms with Gasteiger partial charge in [0.2, 0.25) is 5.91 Å². The summed E-state index contributed by atoms with van der Waals surface area (Å²) in [5.41, 5.74) is -0.147. The molecule has 2 atom stereocenters. The number of aryl methyl sites for hydroxylation is 1. The molecule has 24 heavy (non-hydrogen) atoms. The summed E-state index contributed by atoms with van der Waals surface area (Å²) in [6, 6.07) is 1.65. The van der Waals surface area contributed by atoms with Crippen molar-refractivity contribution >= 4 is 5.91 Å². The van der Waals surface area contributed by atoms with Gasteiger partial charge in [-0.3, -0.25) is 14.2 Å². The molecule has 2 aromatic rings. The molecule has 3 heterocycles. The van der Waals surface area contributed by atoms with Crippen LogP contribution in [0.5, 0.6) is 0 Å². The van der Waals surface area contributed by atoms with E-state index in [1.165, 1.54) is 23.2 Å². The number of likely N-dealkylation sites (tertiary alicyclic amines) is 1. The summed E-state index contributed by atoms with van der Waals surface area (Å²) in [6.07, 6.45) is 6.65. The van der Waals surface area contributed by atoms with E-state index in [0.717, 1.165) is 0 Å². The highest BCUT2D eigenvalue weighted by Crippen LogP contribution is 2.25. The first-order chi connectivity index (χ1) is 11.6. The summed E-state index contributed by atoms with van der Waals surface area (Å²) in [5, 5.41) is 7.94. The SMILES string of the molecule is CN(C)[C@@H]1CN(C(=O)CCn2cnccc2=O)C[C@@H]1n1ccnn1. The lowest BCUT2D eigenvalue weighted by Crippen LogP contribution is -2.37. The van der Waals surface area contributed by atoms with Crippen LogP contribution in [0.25, 0.3) is 0 Å². The zero-order valence-electron chi connectivity index (χ0n) is 13.8. The zero-order valence-corrected chi connectivity index (χ0v) is 13.8. The largest absolute Gasteiger partial charge is 0.339 e. The zero-order chi connectivity index (χ0) is 17.1. The number of nitrogens with zero attached hydrogens (tertiary/aromatic N) is 7. The van der Waals surface area contributed by atoms with Crippen molar-refractivity contribution in [3.63, 3.8) is 0 Å². The van der Waals surface area contributed by atoms with E-state index in [0.29, 0.717) is 19.6 Å². The van der Waals surface area contributed by atoms with Gasteiger partial charge in [0.1, 0.15) is 0 Å². The molecule has 3 rings (SSSR count). The first-order valence-corrected chi connectivity index (χ1v) is 7.86. The molecule has 2 aromatic heterocycles. The Bertz CT molecular complexity index is 740. The van der Waals surface area contributed by atoms with E-state index in [1.54, 1.807) is 6.20 Å². The Morgan fingerprint density at radius 3 is 2.83 bits per heavy atom. The van der Waals surface area contributed by atoms with Crippen LogP contribution >= 0.6 is 0 Å². The molecule has 1 aliphatic heterocycles. The third-order valence-corrected chi connectivity index (χ3v) is 4.41. The second-order valence-corrected chi connectivity index (χ2v) is 6.14. The summed E-state index contributed by atoms with van der Waals surface area (Å²) < 4.78 is 3.26. The number of carbonyl (C=O) groups is 1. The van der Waals surface area contributed by atoms with Gasteiger partial charge >= 0.3 is 0 Å². The Hall–Kier alpha value is -2.55. The van der Waals surface area contributed by atoms with E-state index in [2.05, 4.69) is 20.2 Å². The topological polar surface area (TPSA) is 89.2 Å². The summed E-state index contributed by atoms with van der Waals surface area (Å²) in [6.45, 7) is 1.56. The van der Waals surface area contributed by atoms with E-state index in [9.17, 15) is 9.59 Å².